The molecule has 3 heterocycles. The third-order valence-corrected chi connectivity index (χ3v) is 4.51. The molecule has 2 aromatic rings. The van der Waals surface area contributed by atoms with Gasteiger partial charge in [0.1, 0.15) is 11.5 Å². The molecule has 24 heavy (non-hydrogen) atoms. The van der Waals surface area contributed by atoms with Gasteiger partial charge in [-0.25, -0.2) is 9.78 Å². The number of nitrogens with zero attached hydrogens (tertiary/aromatic N) is 3. The van der Waals surface area contributed by atoms with Crippen molar-refractivity contribution in [3.8, 4) is 0 Å². The van der Waals surface area contributed by atoms with Gasteiger partial charge in [0.05, 0.1) is 0 Å². The maximum absolute atomic E-state index is 12.7. The maximum atomic E-state index is 12.7. The number of aromatic nitrogens is 4. The van der Waals surface area contributed by atoms with Crippen molar-refractivity contribution in [3.05, 3.63) is 50.8 Å². The number of carbonyl (C=O) groups excluding carboxylic acids is 1. The van der Waals surface area contributed by atoms with Gasteiger partial charge in [-0.05, 0) is 32.6 Å². The van der Waals surface area contributed by atoms with E-state index in [-0.39, 0.29) is 17.6 Å². The van der Waals surface area contributed by atoms with E-state index in [1.54, 1.807) is 11.1 Å². The van der Waals surface area contributed by atoms with Gasteiger partial charge in [0.15, 0.2) is 0 Å². The largest absolute Gasteiger partial charge is 0.335 e. The Kier molecular flexibility index (Phi) is 4.64. The summed E-state index contributed by atoms with van der Waals surface area (Å²) in [5.74, 6) is 0.660. The van der Waals surface area contributed by atoms with Gasteiger partial charge in [-0.15, -0.1) is 0 Å². The van der Waals surface area contributed by atoms with E-state index >= 15 is 0 Å². The van der Waals surface area contributed by atoms with Crippen LogP contribution < -0.4 is 11.2 Å². The van der Waals surface area contributed by atoms with Crippen molar-refractivity contribution in [2.24, 2.45) is 0 Å². The van der Waals surface area contributed by atoms with E-state index in [9.17, 15) is 14.4 Å². The number of nitrogens with one attached hydrogen (secondary N) is 2. The Labute approximate surface area is 138 Å². The lowest BCUT2D eigenvalue weighted by molar-refractivity contribution is 0.0588. The third kappa shape index (κ3) is 3.47. The molecule has 2 N–H and O–H groups in total. The lowest BCUT2D eigenvalue weighted by Gasteiger charge is -2.36. The molecule has 1 atom stereocenters. The van der Waals surface area contributed by atoms with Crippen molar-refractivity contribution in [2.45, 2.75) is 45.2 Å². The number of likely N-dealkylation sites (tertiary alicyclic amines) is 1. The Morgan fingerprint density at radius 3 is 2.88 bits per heavy atom. The average Bonchev–Trinajstić information content (AvgIpc) is 2.97. The maximum Gasteiger partial charge on any atom is 0.326 e. The lowest BCUT2D eigenvalue weighted by Crippen LogP contribution is -2.45. The topological polar surface area (TPSA) is 104 Å². The molecule has 0 aromatic carbocycles. The fourth-order valence-corrected chi connectivity index (χ4v) is 3.23. The first-order chi connectivity index (χ1) is 11.5. The molecule has 0 saturated carbocycles. The minimum Gasteiger partial charge on any atom is -0.335 e. The molecule has 0 radical (unpaired) electrons. The zero-order valence-electron chi connectivity index (χ0n) is 13.6. The van der Waals surface area contributed by atoms with Gasteiger partial charge in [0.25, 0.3) is 11.5 Å². The summed E-state index contributed by atoms with van der Waals surface area (Å²) in [6.45, 7) is 3.37. The van der Waals surface area contributed by atoms with E-state index < -0.39 is 11.2 Å². The van der Waals surface area contributed by atoms with Gasteiger partial charge >= 0.3 is 5.69 Å². The summed E-state index contributed by atoms with van der Waals surface area (Å²) in [4.78, 5) is 46.1. The van der Waals surface area contributed by atoms with Gasteiger partial charge in [0.2, 0.25) is 0 Å². The molecule has 1 saturated heterocycles. The number of imidazole rings is 1. The van der Waals surface area contributed by atoms with Crippen LogP contribution in [-0.2, 0) is 6.54 Å². The number of amides is 1. The van der Waals surface area contributed by atoms with Crippen LogP contribution in [-0.4, -0.2) is 42.9 Å². The average molecular weight is 331 g/mol. The molecule has 2 aromatic heterocycles. The summed E-state index contributed by atoms with van der Waals surface area (Å²) in [6.07, 6.45) is 7.44. The molecule has 0 unspecified atom stereocenters. The second-order valence-corrected chi connectivity index (χ2v) is 6.11. The van der Waals surface area contributed by atoms with Crippen molar-refractivity contribution < 1.29 is 4.79 Å². The number of hydrogen-bond acceptors (Lipinski definition) is 4. The van der Waals surface area contributed by atoms with Crippen LogP contribution >= 0.6 is 0 Å². The number of aryl methyl sites for hydroxylation is 2. The van der Waals surface area contributed by atoms with Crippen molar-refractivity contribution in [2.75, 3.05) is 6.54 Å². The zero-order chi connectivity index (χ0) is 17.1. The normalized spacial score (nSPS) is 17.9. The molecule has 0 spiro atoms. The molecule has 8 heteroatoms. The fraction of sp³-hybridized carbons (Fsp3) is 0.500. The molecule has 1 aliphatic rings. The monoisotopic (exact) mass is 331 g/mol. The van der Waals surface area contributed by atoms with E-state index in [1.807, 2.05) is 13.1 Å². The van der Waals surface area contributed by atoms with Crippen LogP contribution in [0.1, 0.15) is 42.0 Å². The third-order valence-electron chi connectivity index (χ3n) is 4.51. The first-order valence-corrected chi connectivity index (χ1v) is 8.17. The summed E-state index contributed by atoms with van der Waals surface area (Å²) < 4.78 is 2.06. The Morgan fingerprint density at radius 1 is 1.33 bits per heavy atom. The van der Waals surface area contributed by atoms with Crippen LogP contribution in [0.25, 0.3) is 0 Å². The molecule has 3 rings (SSSR count). The second kappa shape index (κ2) is 6.86. The van der Waals surface area contributed by atoms with E-state index in [2.05, 4.69) is 19.5 Å². The van der Waals surface area contributed by atoms with Crippen molar-refractivity contribution >= 4 is 5.91 Å². The molecular weight excluding hydrogens is 310 g/mol. The number of rotatable bonds is 4. The SMILES string of the molecule is Cc1nccn1CC[C@@H]1CCCCN1C(=O)c1cc(=O)[nH]c(=O)[nH]1. The first-order valence-electron chi connectivity index (χ1n) is 8.17. The number of H-pyrrole nitrogens is 2. The summed E-state index contributed by atoms with van der Waals surface area (Å²) in [7, 11) is 0. The van der Waals surface area contributed by atoms with Crippen molar-refractivity contribution in [1.82, 2.24) is 24.4 Å². The van der Waals surface area contributed by atoms with Crippen molar-refractivity contribution in [1.29, 1.82) is 0 Å². The van der Waals surface area contributed by atoms with Crippen LogP contribution in [0.2, 0.25) is 0 Å². The zero-order valence-corrected chi connectivity index (χ0v) is 13.6. The number of hydrogen-bond donors (Lipinski definition) is 2. The molecule has 0 aliphatic carbocycles. The molecule has 128 valence electrons. The highest BCUT2D eigenvalue weighted by molar-refractivity contribution is 5.92. The number of piperidine rings is 1. The van der Waals surface area contributed by atoms with Gasteiger partial charge in [0, 0.05) is 37.6 Å². The van der Waals surface area contributed by atoms with Gasteiger partial charge in [-0.2, -0.15) is 0 Å². The van der Waals surface area contributed by atoms with Gasteiger partial charge in [-0.1, -0.05) is 0 Å². The minimum atomic E-state index is -0.659. The molecule has 1 fully saturated rings. The van der Waals surface area contributed by atoms with E-state index in [1.165, 1.54) is 0 Å². The summed E-state index contributed by atoms with van der Waals surface area (Å²) in [5.41, 5.74) is -1.17. The van der Waals surface area contributed by atoms with Crippen LogP contribution in [0, 0.1) is 6.92 Å². The highest BCUT2D eigenvalue weighted by atomic mass is 16.2. The highest BCUT2D eigenvalue weighted by Gasteiger charge is 2.28. The standard InChI is InChI=1S/C16H21N5O3/c1-11-17-6-9-20(11)8-5-12-4-2-3-7-21(12)15(23)13-10-14(22)19-16(24)18-13/h6,9-10,12H,2-5,7-8H2,1H3,(H2,18,19,22,24)/t12-/m0/s1. The quantitative estimate of drug-likeness (QED) is 0.858. The van der Waals surface area contributed by atoms with Crippen LogP contribution in [0.4, 0.5) is 0 Å². The predicted octanol–water partition coefficient (Wildman–Crippen LogP) is 0.653. The van der Waals surface area contributed by atoms with Gasteiger partial charge < -0.3 is 14.5 Å². The highest BCUT2D eigenvalue weighted by Crippen LogP contribution is 2.22. The van der Waals surface area contributed by atoms with Crippen molar-refractivity contribution in [3.63, 3.8) is 0 Å². The van der Waals surface area contributed by atoms with Crippen LogP contribution in [0.3, 0.4) is 0 Å². The Bertz CT molecular complexity index is 806. The smallest absolute Gasteiger partial charge is 0.326 e. The Morgan fingerprint density at radius 2 is 2.17 bits per heavy atom. The fourth-order valence-electron chi connectivity index (χ4n) is 3.23. The molecular formula is C16H21N5O3. The van der Waals surface area contributed by atoms with E-state index in [0.717, 1.165) is 44.1 Å². The lowest BCUT2D eigenvalue weighted by atomic mass is 9.98. The number of aromatic amines is 2. The summed E-state index contributed by atoms with van der Waals surface area (Å²) >= 11 is 0. The van der Waals surface area contributed by atoms with Gasteiger partial charge in [-0.3, -0.25) is 14.6 Å². The predicted molar refractivity (Wildman–Crippen MR) is 87.9 cm³/mol. The molecule has 0 bridgehead atoms. The van der Waals surface area contributed by atoms with E-state index in [0.29, 0.717) is 6.54 Å². The second-order valence-electron chi connectivity index (χ2n) is 6.11. The summed E-state index contributed by atoms with van der Waals surface area (Å²) in [5, 5.41) is 0. The minimum absolute atomic E-state index is 0.0504. The summed E-state index contributed by atoms with van der Waals surface area (Å²) in [6, 6.07) is 1.24. The van der Waals surface area contributed by atoms with Crippen LogP contribution in [0.5, 0.6) is 0 Å². The van der Waals surface area contributed by atoms with E-state index in [4.69, 9.17) is 0 Å². The first kappa shape index (κ1) is 16.2. The molecule has 1 amide bonds. The number of carbonyl (C=O) groups is 1. The Hall–Kier alpha value is -2.64. The Balaban J connectivity index is 1.76. The molecule has 8 nitrogen and oxygen atoms in total. The van der Waals surface area contributed by atoms with Crippen LogP contribution in [0.15, 0.2) is 28.0 Å². The molecule has 1 aliphatic heterocycles.